The van der Waals surface area contributed by atoms with Crippen LogP contribution in [-0.2, 0) is 11.3 Å². The van der Waals surface area contributed by atoms with E-state index < -0.39 is 5.97 Å². The van der Waals surface area contributed by atoms with Crippen LogP contribution in [0.2, 0.25) is 0 Å². The number of carboxylic acids is 1. The van der Waals surface area contributed by atoms with Crippen LogP contribution in [0.25, 0.3) is 10.8 Å². The van der Waals surface area contributed by atoms with Crippen molar-refractivity contribution in [1.29, 1.82) is 0 Å². The summed E-state index contributed by atoms with van der Waals surface area (Å²) in [5.41, 5.74) is 1.22. The number of carbonyl (C=O) groups is 1. The molecule has 24 heavy (non-hydrogen) atoms. The summed E-state index contributed by atoms with van der Waals surface area (Å²) in [4.78, 5) is 13.5. The van der Waals surface area contributed by atoms with Gasteiger partial charge in [-0.2, -0.15) is 0 Å². The molecule has 0 atom stereocenters. The molecule has 1 N–H and O–H groups in total. The maximum absolute atomic E-state index is 11.1. The van der Waals surface area contributed by atoms with Gasteiger partial charge in [0.25, 0.3) is 0 Å². The molecule has 1 aliphatic heterocycles. The van der Waals surface area contributed by atoms with Crippen LogP contribution in [-0.4, -0.2) is 35.7 Å². The van der Waals surface area contributed by atoms with Crippen LogP contribution in [0.15, 0.2) is 36.4 Å². The third-order valence-electron chi connectivity index (χ3n) is 4.78. The highest BCUT2D eigenvalue weighted by Gasteiger charge is 2.25. The fraction of sp³-hybridized carbons (Fsp3) is 0.450. The zero-order chi connectivity index (χ0) is 16.9. The van der Waals surface area contributed by atoms with Gasteiger partial charge in [-0.15, -0.1) is 0 Å². The summed E-state index contributed by atoms with van der Waals surface area (Å²) in [5, 5.41) is 11.6. The lowest BCUT2D eigenvalue weighted by Gasteiger charge is -2.30. The SMILES string of the molecule is CCCOc1ccc2ccccc2c1CN1CCC(C(=O)O)CC1. The number of piperidine rings is 1. The number of fused-ring (bicyclic) bond motifs is 1. The van der Waals surface area contributed by atoms with Gasteiger partial charge in [0.15, 0.2) is 0 Å². The Bertz CT molecular complexity index is 705. The van der Waals surface area contributed by atoms with Gasteiger partial charge in [0, 0.05) is 12.1 Å². The van der Waals surface area contributed by atoms with E-state index in [-0.39, 0.29) is 5.92 Å². The Labute approximate surface area is 143 Å². The molecule has 0 bridgehead atoms. The van der Waals surface area contributed by atoms with Crippen LogP contribution in [0.1, 0.15) is 31.7 Å². The average Bonchev–Trinajstić information content (AvgIpc) is 2.61. The highest BCUT2D eigenvalue weighted by Crippen LogP contribution is 2.31. The summed E-state index contributed by atoms with van der Waals surface area (Å²) in [6.45, 7) is 5.29. The molecule has 1 fully saturated rings. The van der Waals surface area contributed by atoms with E-state index in [0.717, 1.165) is 44.6 Å². The zero-order valence-corrected chi connectivity index (χ0v) is 14.2. The molecule has 2 aromatic rings. The number of nitrogens with zero attached hydrogens (tertiary/aromatic N) is 1. The highest BCUT2D eigenvalue weighted by molar-refractivity contribution is 5.87. The Kier molecular flexibility index (Phi) is 5.36. The number of benzene rings is 2. The second-order valence-corrected chi connectivity index (χ2v) is 6.50. The fourth-order valence-corrected chi connectivity index (χ4v) is 3.39. The van der Waals surface area contributed by atoms with Crippen LogP contribution in [0, 0.1) is 5.92 Å². The Morgan fingerprint density at radius 2 is 1.96 bits per heavy atom. The van der Waals surface area contributed by atoms with Crippen LogP contribution < -0.4 is 4.74 Å². The molecule has 2 aromatic carbocycles. The predicted molar refractivity (Wildman–Crippen MR) is 95.4 cm³/mol. The molecular weight excluding hydrogens is 302 g/mol. The maximum Gasteiger partial charge on any atom is 0.306 e. The van der Waals surface area contributed by atoms with Crippen LogP contribution in [0.5, 0.6) is 5.75 Å². The summed E-state index contributed by atoms with van der Waals surface area (Å²) in [5.74, 6) is 0.104. The molecule has 0 saturated carbocycles. The molecule has 1 aliphatic rings. The van der Waals surface area contributed by atoms with Crippen molar-refractivity contribution >= 4 is 16.7 Å². The fourth-order valence-electron chi connectivity index (χ4n) is 3.39. The second-order valence-electron chi connectivity index (χ2n) is 6.50. The molecule has 128 valence electrons. The van der Waals surface area contributed by atoms with Crippen LogP contribution >= 0.6 is 0 Å². The normalized spacial score (nSPS) is 16.4. The first-order chi connectivity index (χ1) is 11.7. The smallest absolute Gasteiger partial charge is 0.306 e. The van der Waals surface area contributed by atoms with Gasteiger partial charge in [-0.1, -0.05) is 37.3 Å². The molecule has 3 rings (SSSR count). The van der Waals surface area contributed by atoms with Gasteiger partial charge in [-0.05, 0) is 49.2 Å². The van der Waals surface area contributed by atoms with E-state index >= 15 is 0 Å². The number of likely N-dealkylation sites (tertiary alicyclic amines) is 1. The summed E-state index contributed by atoms with van der Waals surface area (Å²) >= 11 is 0. The Hall–Kier alpha value is -2.07. The zero-order valence-electron chi connectivity index (χ0n) is 14.2. The molecule has 0 amide bonds. The van der Waals surface area contributed by atoms with Gasteiger partial charge in [0.05, 0.1) is 12.5 Å². The lowest BCUT2D eigenvalue weighted by Crippen LogP contribution is -2.36. The van der Waals surface area contributed by atoms with E-state index in [1.807, 2.05) is 0 Å². The maximum atomic E-state index is 11.1. The van der Waals surface area contributed by atoms with Gasteiger partial charge < -0.3 is 9.84 Å². The number of carboxylic acid groups (broad SMARTS) is 1. The molecule has 0 spiro atoms. The van der Waals surface area contributed by atoms with Crippen molar-refractivity contribution in [2.24, 2.45) is 5.92 Å². The minimum absolute atomic E-state index is 0.190. The van der Waals surface area contributed by atoms with Crippen molar-refractivity contribution < 1.29 is 14.6 Å². The summed E-state index contributed by atoms with van der Waals surface area (Å²) in [6.07, 6.45) is 2.44. The van der Waals surface area contributed by atoms with Crippen LogP contribution in [0.4, 0.5) is 0 Å². The van der Waals surface area contributed by atoms with Gasteiger partial charge >= 0.3 is 5.97 Å². The van der Waals surface area contributed by atoms with E-state index in [2.05, 4.69) is 48.2 Å². The largest absolute Gasteiger partial charge is 0.493 e. The number of aliphatic carboxylic acids is 1. The van der Waals surface area contributed by atoms with Crippen molar-refractivity contribution in [3.63, 3.8) is 0 Å². The third-order valence-corrected chi connectivity index (χ3v) is 4.78. The van der Waals surface area contributed by atoms with Crippen molar-refractivity contribution in [3.8, 4) is 5.75 Å². The highest BCUT2D eigenvalue weighted by atomic mass is 16.5. The van der Waals surface area contributed by atoms with E-state index in [1.165, 1.54) is 16.3 Å². The number of hydrogen-bond acceptors (Lipinski definition) is 3. The van der Waals surface area contributed by atoms with Crippen molar-refractivity contribution in [2.45, 2.75) is 32.7 Å². The summed E-state index contributed by atoms with van der Waals surface area (Å²) in [6, 6.07) is 12.6. The number of hydrogen-bond donors (Lipinski definition) is 1. The standard InChI is InChI=1S/C20H25NO3/c1-2-13-24-19-8-7-15-5-3-4-6-17(15)18(19)14-21-11-9-16(10-12-21)20(22)23/h3-8,16H,2,9-14H2,1H3,(H,22,23). The van der Waals surface area contributed by atoms with Gasteiger partial charge in [-0.25, -0.2) is 0 Å². The number of rotatable bonds is 6. The van der Waals surface area contributed by atoms with Crippen LogP contribution in [0.3, 0.4) is 0 Å². The van der Waals surface area contributed by atoms with E-state index in [1.54, 1.807) is 0 Å². The Morgan fingerprint density at radius 1 is 1.21 bits per heavy atom. The molecule has 1 heterocycles. The molecule has 0 radical (unpaired) electrons. The topological polar surface area (TPSA) is 49.8 Å². The summed E-state index contributed by atoms with van der Waals surface area (Å²) < 4.78 is 5.97. The minimum Gasteiger partial charge on any atom is -0.493 e. The lowest BCUT2D eigenvalue weighted by atomic mass is 9.96. The molecule has 0 aliphatic carbocycles. The minimum atomic E-state index is -0.660. The first-order valence-electron chi connectivity index (χ1n) is 8.77. The van der Waals surface area contributed by atoms with Crippen molar-refractivity contribution in [3.05, 3.63) is 42.0 Å². The van der Waals surface area contributed by atoms with Crippen molar-refractivity contribution in [2.75, 3.05) is 19.7 Å². The third kappa shape index (κ3) is 3.70. The van der Waals surface area contributed by atoms with Gasteiger partial charge in [0.2, 0.25) is 0 Å². The van der Waals surface area contributed by atoms with E-state index in [0.29, 0.717) is 6.61 Å². The molecular formula is C20H25NO3. The molecule has 4 heteroatoms. The average molecular weight is 327 g/mol. The molecule has 4 nitrogen and oxygen atoms in total. The molecule has 0 unspecified atom stereocenters. The lowest BCUT2D eigenvalue weighted by molar-refractivity contribution is -0.143. The monoisotopic (exact) mass is 327 g/mol. The molecule has 0 aromatic heterocycles. The predicted octanol–water partition coefficient (Wildman–Crippen LogP) is 3.93. The van der Waals surface area contributed by atoms with Gasteiger partial charge in [-0.3, -0.25) is 9.69 Å². The Morgan fingerprint density at radius 3 is 2.67 bits per heavy atom. The van der Waals surface area contributed by atoms with E-state index in [9.17, 15) is 4.79 Å². The second kappa shape index (κ2) is 7.67. The molecule has 1 saturated heterocycles. The quantitative estimate of drug-likeness (QED) is 0.873. The Balaban J connectivity index is 1.83. The van der Waals surface area contributed by atoms with E-state index in [4.69, 9.17) is 9.84 Å². The van der Waals surface area contributed by atoms with Crippen molar-refractivity contribution in [1.82, 2.24) is 4.90 Å². The first kappa shape index (κ1) is 16.8. The van der Waals surface area contributed by atoms with Gasteiger partial charge in [0.1, 0.15) is 5.75 Å². The first-order valence-corrected chi connectivity index (χ1v) is 8.77. The summed E-state index contributed by atoms with van der Waals surface area (Å²) in [7, 11) is 0. The number of ether oxygens (including phenoxy) is 1.